The number of halogens is 2. The minimum Gasteiger partial charge on any atom is -0.324 e. The molecule has 1 unspecified atom stereocenters. The minimum atomic E-state index is -0.111. The third kappa shape index (κ3) is 3.28. The van der Waals surface area contributed by atoms with Crippen molar-refractivity contribution < 1.29 is 0 Å². The molecule has 0 amide bonds. The van der Waals surface area contributed by atoms with E-state index in [0.29, 0.717) is 5.02 Å². The molecule has 0 bridgehead atoms. The van der Waals surface area contributed by atoms with Crippen LogP contribution in [-0.4, -0.2) is 4.98 Å². The van der Waals surface area contributed by atoms with E-state index in [1.165, 1.54) is 0 Å². The maximum atomic E-state index is 6.16. The van der Waals surface area contributed by atoms with Gasteiger partial charge in [0.15, 0.2) is 0 Å². The fraction of sp³-hybridized carbons (Fsp3) is 0.154. The van der Waals surface area contributed by atoms with Crippen molar-refractivity contribution in [2.45, 2.75) is 12.5 Å². The Kier molecular flexibility index (Phi) is 4.15. The van der Waals surface area contributed by atoms with E-state index >= 15 is 0 Å². The lowest BCUT2D eigenvalue weighted by atomic mass is 10.0. The summed E-state index contributed by atoms with van der Waals surface area (Å²) in [5.41, 5.74) is 8.22. The van der Waals surface area contributed by atoms with Crippen LogP contribution in [0.1, 0.15) is 17.2 Å². The monoisotopic (exact) mass is 310 g/mol. The van der Waals surface area contributed by atoms with Crippen molar-refractivity contribution in [3.8, 4) is 0 Å². The highest BCUT2D eigenvalue weighted by Gasteiger charge is 2.11. The lowest BCUT2D eigenvalue weighted by Crippen LogP contribution is -2.13. The van der Waals surface area contributed by atoms with E-state index in [1.54, 1.807) is 6.20 Å². The van der Waals surface area contributed by atoms with Crippen LogP contribution in [0.15, 0.2) is 47.2 Å². The fourth-order valence-electron chi connectivity index (χ4n) is 1.68. The molecular formula is C13H12BrClN2. The second-order valence-electron chi connectivity index (χ2n) is 3.84. The summed E-state index contributed by atoms with van der Waals surface area (Å²) in [5, 5.41) is 0.691. The van der Waals surface area contributed by atoms with Gasteiger partial charge in [0.1, 0.15) is 0 Å². The number of rotatable bonds is 3. The van der Waals surface area contributed by atoms with Crippen LogP contribution in [0, 0.1) is 0 Å². The molecule has 2 rings (SSSR count). The predicted molar refractivity (Wildman–Crippen MR) is 74.0 cm³/mol. The molecule has 0 aliphatic rings. The SMILES string of the molecule is NC(Cc1cccnc1)c1ccc(Br)cc1Cl. The summed E-state index contributed by atoms with van der Waals surface area (Å²) in [5.74, 6) is 0. The van der Waals surface area contributed by atoms with Gasteiger partial charge in [-0.1, -0.05) is 39.7 Å². The van der Waals surface area contributed by atoms with Crippen LogP contribution in [0.25, 0.3) is 0 Å². The van der Waals surface area contributed by atoms with E-state index < -0.39 is 0 Å². The number of benzene rings is 1. The Balaban J connectivity index is 2.17. The molecule has 0 spiro atoms. The van der Waals surface area contributed by atoms with Crippen LogP contribution in [-0.2, 0) is 6.42 Å². The minimum absolute atomic E-state index is 0.111. The van der Waals surface area contributed by atoms with Gasteiger partial charge in [-0.25, -0.2) is 0 Å². The normalized spacial score (nSPS) is 12.4. The molecule has 17 heavy (non-hydrogen) atoms. The van der Waals surface area contributed by atoms with Gasteiger partial charge in [0.05, 0.1) is 0 Å². The Hall–Kier alpha value is -0.900. The quantitative estimate of drug-likeness (QED) is 0.938. The van der Waals surface area contributed by atoms with E-state index in [2.05, 4.69) is 20.9 Å². The van der Waals surface area contributed by atoms with Crippen molar-refractivity contribution >= 4 is 27.5 Å². The molecule has 0 saturated carbocycles. The van der Waals surface area contributed by atoms with E-state index in [4.69, 9.17) is 17.3 Å². The van der Waals surface area contributed by atoms with Crippen LogP contribution in [0.2, 0.25) is 5.02 Å². The molecule has 88 valence electrons. The molecular weight excluding hydrogens is 300 g/mol. The van der Waals surface area contributed by atoms with Crippen LogP contribution < -0.4 is 5.73 Å². The topological polar surface area (TPSA) is 38.9 Å². The third-order valence-electron chi connectivity index (χ3n) is 2.54. The van der Waals surface area contributed by atoms with E-state index in [0.717, 1.165) is 22.0 Å². The molecule has 2 nitrogen and oxygen atoms in total. The number of hydrogen-bond acceptors (Lipinski definition) is 2. The first-order valence-electron chi connectivity index (χ1n) is 5.26. The highest BCUT2D eigenvalue weighted by molar-refractivity contribution is 9.10. The van der Waals surface area contributed by atoms with E-state index in [1.807, 2.05) is 36.5 Å². The zero-order valence-corrected chi connectivity index (χ0v) is 11.4. The molecule has 2 aromatic rings. The average Bonchev–Trinajstić information content (AvgIpc) is 2.30. The lowest BCUT2D eigenvalue weighted by molar-refractivity contribution is 0.720. The van der Waals surface area contributed by atoms with Gasteiger partial charge in [-0.15, -0.1) is 0 Å². The molecule has 4 heteroatoms. The van der Waals surface area contributed by atoms with E-state index in [-0.39, 0.29) is 6.04 Å². The van der Waals surface area contributed by atoms with Crippen molar-refractivity contribution in [3.05, 3.63) is 63.3 Å². The molecule has 0 saturated heterocycles. The number of pyridine rings is 1. The predicted octanol–water partition coefficient (Wildman–Crippen LogP) is 3.74. The van der Waals surface area contributed by atoms with Gasteiger partial charge in [0.2, 0.25) is 0 Å². The zero-order chi connectivity index (χ0) is 12.3. The Labute approximate surface area is 114 Å². The van der Waals surface area contributed by atoms with Gasteiger partial charge in [-0.05, 0) is 35.7 Å². The van der Waals surface area contributed by atoms with Crippen molar-refractivity contribution in [3.63, 3.8) is 0 Å². The molecule has 0 fully saturated rings. The smallest absolute Gasteiger partial charge is 0.0465 e. The van der Waals surface area contributed by atoms with Crippen molar-refractivity contribution in [2.75, 3.05) is 0 Å². The van der Waals surface area contributed by atoms with Crippen molar-refractivity contribution in [1.29, 1.82) is 0 Å². The molecule has 1 atom stereocenters. The summed E-state index contributed by atoms with van der Waals surface area (Å²) >= 11 is 9.54. The summed E-state index contributed by atoms with van der Waals surface area (Å²) in [7, 11) is 0. The van der Waals surface area contributed by atoms with Crippen molar-refractivity contribution in [2.24, 2.45) is 5.73 Å². The second kappa shape index (κ2) is 5.63. The van der Waals surface area contributed by atoms with Crippen LogP contribution in [0.3, 0.4) is 0 Å². The Morgan fingerprint density at radius 2 is 2.18 bits per heavy atom. The molecule has 1 heterocycles. The summed E-state index contributed by atoms with van der Waals surface area (Å²) in [6.07, 6.45) is 4.31. The third-order valence-corrected chi connectivity index (χ3v) is 3.36. The van der Waals surface area contributed by atoms with Crippen LogP contribution in [0.4, 0.5) is 0 Å². The maximum absolute atomic E-state index is 6.16. The zero-order valence-electron chi connectivity index (χ0n) is 9.11. The highest BCUT2D eigenvalue weighted by atomic mass is 79.9. The largest absolute Gasteiger partial charge is 0.324 e. The number of aromatic nitrogens is 1. The number of nitrogens with two attached hydrogens (primary N) is 1. The van der Waals surface area contributed by atoms with Gasteiger partial charge in [-0.3, -0.25) is 4.98 Å². The molecule has 0 aliphatic heterocycles. The number of hydrogen-bond donors (Lipinski definition) is 1. The molecule has 0 aliphatic carbocycles. The Morgan fingerprint density at radius 1 is 1.35 bits per heavy atom. The standard InChI is InChI=1S/C13H12BrClN2/c14-10-3-4-11(12(15)7-10)13(16)6-9-2-1-5-17-8-9/h1-5,7-8,13H,6,16H2. The maximum Gasteiger partial charge on any atom is 0.0465 e. The highest BCUT2D eigenvalue weighted by Crippen LogP contribution is 2.27. The van der Waals surface area contributed by atoms with Gasteiger partial charge < -0.3 is 5.73 Å². The van der Waals surface area contributed by atoms with Crippen molar-refractivity contribution in [1.82, 2.24) is 4.98 Å². The van der Waals surface area contributed by atoms with Gasteiger partial charge in [0, 0.05) is 27.9 Å². The summed E-state index contributed by atoms with van der Waals surface area (Å²) < 4.78 is 0.958. The first-order chi connectivity index (χ1) is 8.16. The summed E-state index contributed by atoms with van der Waals surface area (Å²) in [6.45, 7) is 0. The Morgan fingerprint density at radius 3 is 2.82 bits per heavy atom. The first-order valence-corrected chi connectivity index (χ1v) is 6.43. The fourth-order valence-corrected chi connectivity index (χ4v) is 2.50. The molecule has 1 aromatic carbocycles. The Bertz CT molecular complexity index is 502. The van der Waals surface area contributed by atoms with Gasteiger partial charge in [0.25, 0.3) is 0 Å². The molecule has 0 radical (unpaired) electrons. The van der Waals surface area contributed by atoms with E-state index in [9.17, 15) is 0 Å². The van der Waals surface area contributed by atoms with Gasteiger partial charge >= 0.3 is 0 Å². The first kappa shape index (κ1) is 12.6. The number of nitrogens with zero attached hydrogens (tertiary/aromatic N) is 1. The summed E-state index contributed by atoms with van der Waals surface area (Å²) in [6, 6.07) is 9.57. The second-order valence-corrected chi connectivity index (χ2v) is 5.16. The average molecular weight is 312 g/mol. The van der Waals surface area contributed by atoms with Crippen LogP contribution >= 0.6 is 27.5 Å². The molecule has 2 N–H and O–H groups in total. The lowest BCUT2D eigenvalue weighted by Gasteiger charge is -2.13. The van der Waals surface area contributed by atoms with Crippen LogP contribution in [0.5, 0.6) is 0 Å². The molecule has 1 aromatic heterocycles. The summed E-state index contributed by atoms with van der Waals surface area (Å²) in [4.78, 5) is 4.07. The van der Waals surface area contributed by atoms with Gasteiger partial charge in [-0.2, -0.15) is 0 Å².